The Morgan fingerprint density at radius 3 is 2.61 bits per heavy atom. The monoisotopic (exact) mass is 396 g/mol. The number of carbonyl (C=O) groups is 1. The Hall–Kier alpha value is -2.93. The van der Waals surface area contributed by atoms with Crippen LogP contribution < -0.4 is 10.1 Å². The molecular formula is C21H24N4O2S. The molecule has 28 heavy (non-hydrogen) atoms. The fraction of sp³-hybridized carbons (Fsp3) is 0.286. The normalized spacial score (nSPS) is 11.8. The first kappa shape index (κ1) is 19.8. The Bertz CT molecular complexity index is 964. The van der Waals surface area contributed by atoms with Crippen LogP contribution in [0.4, 0.5) is 0 Å². The molecule has 1 heterocycles. The summed E-state index contributed by atoms with van der Waals surface area (Å²) in [5.74, 6) is 1.48. The van der Waals surface area contributed by atoms with Gasteiger partial charge in [0.1, 0.15) is 5.75 Å². The number of nitrogens with one attached hydrogen (secondary N) is 2. The molecule has 1 amide bonds. The van der Waals surface area contributed by atoms with E-state index >= 15 is 0 Å². The average molecular weight is 397 g/mol. The second-order valence-corrected chi connectivity index (χ2v) is 6.80. The number of H-pyrrole nitrogens is 1. The van der Waals surface area contributed by atoms with Crippen LogP contribution in [0, 0.1) is 4.77 Å². The van der Waals surface area contributed by atoms with Gasteiger partial charge in [-0.3, -0.25) is 14.5 Å². The van der Waals surface area contributed by atoms with Gasteiger partial charge < -0.3 is 10.1 Å². The zero-order valence-corrected chi connectivity index (χ0v) is 16.8. The first-order chi connectivity index (χ1) is 13.6. The molecule has 2 aromatic carbocycles. The summed E-state index contributed by atoms with van der Waals surface area (Å²) in [6.07, 6.45) is 0.315. The minimum atomic E-state index is -0.0448. The Labute approximate surface area is 169 Å². The van der Waals surface area contributed by atoms with Crippen molar-refractivity contribution in [3.05, 3.63) is 64.9 Å². The van der Waals surface area contributed by atoms with Crippen molar-refractivity contribution >= 4 is 18.1 Å². The molecule has 1 aromatic heterocycles. The van der Waals surface area contributed by atoms with Crippen molar-refractivity contribution in [2.45, 2.75) is 32.9 Å². The maximum Gasteiger partial charge on any atom is 0.222 e. The third kappa shape index (κ3) is 4.86. The molecule has 7 heteroatoms. The number of hydrogen-bond donors (Lipinski definition) is 2. The second-order valence-electron chi connectivity index (χ2n) is 6.41. The molecule has 2 N–H and O–H groups in total. The van der Waals surface area contributed by atoms with Crippen LogP contribution in [-0.4, -0.2) is 27.3 Å². The summed E-state index contributed by atoms with van der Waals surface area (Å²) in [7, 11) is 0. The molecule has 0 spiro atoms. The molecule has 1 unspecified atom stereocenters. The molecule has 0 fully saturated rings. The van der Waals surface area contributed by atoms with E-state index in [0.29, 0.717) is 30.2 Å². The number of aromatic amines is 1. The van der Waals surface area contributed by atoms with Crippen molar-refractivity contribution in [3.8, 4) is 17.1 Å². The summed E-state index contributed by atoms with van der Waals surface area (Å²) in [6.45, 7) is 4.99. The number of rotatable bonds is 8. The van der Waals surface area contributed by atoms with E-state index in [4.69, 9.17) is 17.0 Å². The summed E-state index contributed by atoms with van der Waals surface area (Å²) >= 11 is 5.35. The number of carbonyl (C=O) groups excluding carboxylic acids is 1. The Balaban J connectivity index is 1.65. The lowest BCUT2D eigenvalue weighted by molar-refractivity contribution is -0.121. The predicted molar refractivity (Wildman–Crippen MR) is 112 cm³/mol. The van der Waals surface area contributed by atoms with Gasteiger partial charge in [-0.15, -0.1) is 0 Å². The van der Waals surface area contributed by atoms with Crippen LogP contribution >= 0.6 is 12.2 Å². The second kappa shape index (κ2) is 9.32. The summed E-state index contributed by atoms with van der Waals surface area (Å²) in [5.41, 5.74) is 1.99. The third-order valence-corrected chi connectivity index (χ3v) is 4.73. The summed E-state index contributed by atoms with van der Waals surface area (Å²) in [4.78, 5) is 12.4. The van der Waals surface area contributed by atoms with Crippen LogP contribution in [-0.2, 0) is 11.3 Å². The molecule has 0 saturated carbocycles. The quantitative estimate of drug-likeness (QED) is 0.558. The molecule has 0 aliphatic heterocycles. The van der Waals surface area contributed by atoms with E-state index < -0.39 is 0 Å². The number of benzene rings is 2. The van der Waals surface area contributed by atoms with Gasteiger partial charge in [0, 0.05) is 18.5 Å². The van der Waals surface area contributed by atoms with Gasteiger partial charge in [0.25, 0.3) is 0 Å². The molecule has 146 valence electrons. The zero-order chi connectivity index (χ0) is 19.9. The lowest BCUT2D eigenvalue weighted by Gasteiger charge is -2.14. The van der Waals surface area contributed by atoms with Crippen LogP contribution in [0.25, 0.3) is 11.4 Å². The van der Waals surface area contributed by atoms with Gasteiger partial charge in [-0.2, -0.15) is 5.10 Å². The maximum atomic E-state index is 12.4. The van der Waals surface area contributed by atoms with E-state index in [9.17, 15) is 4.79 Å². The highest BCUT2D eigenvalue weighted by atomic mass is 32.1. The predicted octanol–water partition coefficient (Wildman–Crippen LogP) is 4.27. The number of ether oxygens (including phenoxy) is 1. The van der Waals surface area contributed by atoms with Gasteiger partial charge >= 0.3 is 0 Å². The van der Waals surface area contributed by atoms with Crippen LogP contribution in [0.3, 0.4) is 0 Å². The van der Waals surface area contributed by atoms with E-state index in [2.05, 4.69) is 15.5 Å². The first-order valence-corrected chi connectivity index (χ1v) is 9.72. The summed E-state index contributed by atoms with van der Waals surface area (Å²) in [6, 6.07) is 17.5. The summed E-state index contributed by atoms with van der Waals surface area (Å²) < 4.78 is 7.81. The molecule has 3 rings (SSSR count). The average Bonchev–Trinajstić information content (AvgIpc) is 3.08. The highest BCUT2D eigenvalue weighted by molar-refractivity contribution is 7.71. The number of hydrogen-bond acceptors (Lipinski definition) is 4. The summed E-state index contributed by atoms with van der Waals surface area (Å²) in [5, 5.41) is 10.2. The lowest BCUT2D eigenvalue weighted by Crippen LogP contribution is -2.27. The molecular weight excluding hydrogens is 372 g/mol. The first-order valence-electron chi connectivity index (χ1n) is 9.31. The van der Waals surface area contributed by atoms with Crippen molar-refractivity contribution in [1.82, 2.24) is 20.1 Å². The van der Waals surface area contributed by atoms with Crippen LogP contribution in [0.2, 0.25) is 0 Å². The molecule has 0 saturated heterocycles. The number of nitrogens with zero attached hydrogens (tertiary/aromatic N) is 2. The van der Waals surface area contributed by atoms with Gasteiger partial charge in [-0.1, -0.05) is 30.3 Å². The molecule has 6 nitrogen and oxygen atoms in total. The zero-order valence-electron chi connectivity index (χ0n) is 16.0. The molecule has 1 atom stereocenters. The highest BCUT2D eigenvalue weighted by Gasteiger charge is 2.13. The van der Waals surface area contributed by atoms with E-state index in [1.165, 1.54) is 0 Å². The van der Waals surface area contributed by atoms with E-state index in [1.807, 2.05) is 73.0 Å². The third-order valence-electron chi connectivity index (χ3n) is 4.42. The molecule has 3 aromatic rings. The van der Waals surface area contributed by atoms with Gasteiger partial charge in [-0.05, 0) is 55.9 Å². The van der Waals surface area contributed by atoms with Crippen molar-refractivity contribution in [3.63, 3.8) is 0 Å². The minimum absolute atomic E-state index is 0.0305. The SMILES string of the molecule is CCOc1ccc(-c2n[nH]c(=S)n2CCC(=O)NC(C)c2ccccc2)cc1. The topological polar surface area (TPSA) is 71.9 Å². The Morgan fingerprint density at radius 2 is 1.93 bits per heavy atom. The van der Waals surface area contributed by atoms with Gasteiger partial charge in [-0.25, -0.2) is 0 Å². The van der Waals surface area contributed by atoms with Crippen molar-refractivity contribution < 1.29 is 9.53 Å². The van der Waals surface area contributed by atoms with E-state index in [-0.39, 0.29) is 11.9 Å². The van der Waals surface area contributed by atoms with Gasteiger partial charge in [0.15, 0.2) is 10.6 Å². The van der Waals surface area contributed by atoms with E-state index in [0.717, 1.165) is 16.9 Å². The Kier molecular flexibility index (Phi) is 6.60. The molecule has 0 aliphatic rings. The van der Waals surface area contributed by atoms with Crippen molar-refractivity contribution in [2.75, 3.05) is 6.61 Å². The van der Waals surface area contributed by atoms with Crippen molar-refractivity contribution in [2.24, 2.45) is 0 Å². The fourth-order valence-corrected chi connectivity index (χ4v) is 3.19. The van der Waals surface area contributed by atoms with Gasteiger partial charge in [0.05, 0.1) is 12.6 Å². The molecule has 0 radical (unpaired) electrons. The standard InChI is InChI=1S/C21H24N4O2S/c1-3-27-18-11-9-17(10-12-18)20-23-24-21(28)25(20)14-13-19(26)22-15(2)16-7-5-4-6-8-16/h4-12,15H,3,13-14H2,1-2H3,(H,22,26)(H,24,28). The number of aromatic nitrogens is 3. The fourth-order valence-electron chi connectivity index (χ4n) is 2.96. The molecule has 0 bridgehead atoms. The van der Waals surface area contributed by atoms with Gasteiger partial charge in [0.2, 0.25) is 5.91 Å². The largest absolute Gasteiger partial charge is 0.494 e. The Morgan fingerprint density at radius 1 is 1.21 bits per heavy atom. The van der Waals surface area contributed by atoms with Crippen LogP contribution in [0.1, 0.15) is 31.9 Å². The van der Waals surface area contributed by atoms with Crippen LogP contribution in [0.15, 0.2) is 54.6 Å². The maximum absolute atomic E-state index is 12.4. The highest BCUT2D eigenvalue weighted by Crippen LogP contribution is 2.21. The van der Waals surface area contributed by atoms with Crippen LogP contribution in [0.5, 0.6) is 5.75 Å². The number of amides is 1. The minimum Gasteiger partial charge on any atom is -0.494 e. The van der Waals surface area contributed by atoms with E-state index in [1.54, 1.807) is 0 Å². The lowest BCUT2D eigenvalue weighted by atomic mass is 10.1. The smallest absolute Gasteiger partial charge is 0.222 e. The molecule has 0 aliphatic carbocycles. The van der Waals surface area contributed by atoms with Crippen molar-refractivity contribution in [1.29, 1.82) is 0 Å².